The molecule has 0 radical (unpaired) electrons. The minimum absolute atomic E-state index is 0.0732. The lowest BCUT2D eigenvalue weighted by atomic mass is 9.97. The van der Waals surface area contributed by atoms with Gasteiger partial charge in [-0.2, -0.15) is 0 Å². The lowest BCUT2D eigenvalue weighted by Crippen LogP contribution is -2.46. The van der Waals surface area contributed by atoms with Crippen molar-refractivity contribution >= 4 is 35.1 Å². The van der Waals surface area contributed by atoms with Crippen LogP contribution in [0.25, 0.3) is 11.1 Å². The maximum Gasteiger partial charge on any atom is 0.336 e. The predicted molar refractivity (Wildman–Crippen MR) is 138 cm³/mol. The Balaban J connectivity index is 1.58. The highest BCUT2D eigenvalue weighted by atomic mass is 35.5. The van der Waals surface area contributed by atoms with Gasteiger partial charge in [0.25, 0.3) is 5.91 Å². The van der Waals surface area contributed by atoms with E-state index in [-0.39, 0.29) is 30.3 Å². The lowest BCUT2D eigenvalue weighted by Gasteiger charge is -2.29. The van der Waals surface area contributed by atoms with Gasteiger partial charge in [0, 0.05) is 42.3 Å². The van der Waals surface area contributed by atoms with E-state index in [2.05, 4.69) is 15.3 Å². The van der Waals surface area contributed by atoms with Crippen molar-refractivity contribution in [3.8, 4) is 11.1 Å². The van der Waals surface area contributed by atoms with E-state index in [1.807, 2.05) is 6.07 Å². The molecule has 2 N–H and O–H groups in total. The van der Waals surface area contributed by atoms with Gasteiger partial charge >= 0.3 is 5.97 Å². The first-order valence-electron chi connectivity index (χ1n) is 11.5. The quantitative estimate of drug-likeness (QED) is 0.387. The molecule has 8 nitrogen and oxygen atoms in total. The van der Waals surface area contributed by atoms with E-state index in [0.29, 0.717) is 38.7 Å². The monoisotopic (exact) mass is 512 g/mol. The topological polar surface area (TPSA) is 112 Å². The second-order valence-electron chi connectivity index (χ2n) is 8.57. The Morgan fingerprint density at radius 2 is 1.78 bits per heavy atom. The fraction of sp³-hybridized carbons (Fsp3) is 0.107. The Morgan fingerprint density at radius 3 is 2.51 bits per heavy atom. The Kier molecular flexibility index (Phi) is 6.66. The zero-order valence-electron chi connectivity index (χ0n) is 19.5. The lowest BCUT2D eigenvalue weighted by molar-refractivity contribution is -0.120. The van der Waals surface area contributed by atoms with E-state index < -0.39 is 12.0 Å². The zero-order valence-corrected chi connectivity index (χ0v) is 20.2. The van der Waals surface area contributed by atoms with Crippen molar-refractivity contribution in [3.05, 3.63) is 113 Å². The number of halogens is 1. The normalized spacial score (nSPS) is 15.1. The molecule has 0 unspecified atom stereocenters. The minimum Gasteiger partial charge on any atom is -0.478 e. The van der Waals surface area contributed by atoms with E-state index in [9.17, 15) is 19.5 Å². The summed E-state index contributed by atoms with van der Waals surface area (Å²) in [6, 6.07) is 17.6. The number of nitrogens with one attached hydrogen (secondary N) is 1. The molecule has 184 valence electrons. The second-order valence-corrected chi connectivity index (χ2v) is 9.01. The van der Waals surface area contributed by atoms with E-state index in [4.69, 9.17) is 11.6 Å². The van der Waals surface area contributed by atoms with Crippen LogP contribution in [0.15, 0.2) is 85.3 Å². The molecular formula is C28H21ClN4O4. The number of pyridine rings is 2. The molecule has 0 bridgehead atoms. The molecule has 0 aliphatic carbocycles. The van der Waals surface area contributed by atoms with Crippen LogP contribution in [0.4, 0.5) is 5.69 Å². The number of amides is 2. The number of carbonyl (C=O) groups excluding carboxylic acids is 2. The highest BCUT2D eigenvalue weighted by Gasteiger charge is 2.36. The Bertz CT molecular complexity index is 1500. The molecule has 4 aromatic rings. The standard InChI is InChI=1S/C28H21ClN4O4/c29-19-5-7-22-24(14-19)32-26(34)25(15-20-3-1-2-10-31-20)33(27(22)35)16-17-4-6-21(28(36)37)23(13-17)18-8-11-30-12-9-18/h1-14,25H,15-16H2,(H,32,34)(H,36,37)/t25-/m1/s1. The molecule has 0 saturated heterocycles. The highest BCUT2D eigenvalue weighted by molar-refractivity contribution is 6.31. The van der Waals surface area contributed by atoms with Crippen molar-refractivity contribution in [1.29, 1.82) is 0 Å². The second kappa shape index (κ2) is 10.2. The number of anilines is 1. The Labute approximate surface area is 217 Å². The number of carboxylic acids is 1. The summed E-state index contributed by atoms with van der Waals surface area (Å²) in [6.07, 6.45) is 5.00. The minimum atomic E-state index is -1.07. The molecule has 0 spiro atoms. The van der Waals surface area contributed by atoms with Gasteiger partial charge in [-0.15, -0.1) is 0 Å². The van der Waals surface area contributed by atoms with Crippen molar-refractivity contribution in [1.82, 2.24) is 14.9 Å². The predicted octanol–water partition coefficient (Wildman–Crippen LogP) is 4.70. The maximum absolute atomic E-state index is 13.8. The van der Waals surface area contributed by atoms with Gasteiger partial charge in [-0.05, 0) is 71.3 Å². The summed E-state index contributed by atoms with van der Waals surface area (Å²) in [5.74, 6) is -1.78. The third-order valence-electron chi connectivity index (χ3n) is 6.20. The SMILES string of the molecule is O=C(O)c1ccc(CN2C(=O)c3ccc(Cl)cc3NC(=O)[C@H]2Cc2ccccn2)cc1-c1ccncc1. The first kappa shape index (κ1) is 24.1. The molecule has 1 aliphatic rings. The van der Waals surface area contributed by atoms with Crippen LogP contribution in [-0.2, 0) is 17.8 Å². The maximum atomic E-state index is 13.8. The fourth-order valence-electron chi connectivity index (χ4n) is 4.41. The number of aromatic carboxylic acids is 1. The van der Waals surface area contributed by atoms with Gasteiger partial charge in [0.15, 0.2) is 0 Å². The van der Waals surface area contributed by atoms with E-state index in [1.165, 1.54) is 11.0 Å². The van der Waals surface area contributed by atoms with Gasteiger partial charge in [0.1, 0.15) is 6.04 Å². The molecule has 1 aliphatic heterocycles. The van der Waals surface area contributed by atoms with Crippen molar-refractivity contribution < 1.29 is 19.5 Å². The van der Waals surface area contributed by atoms with Gasteiger partial charge in [-0.25, -0.2) is 4.79 Å². The number of hydrogen-bond acceptors (Lipinski definition) is 5. The van der Waals surface area contributed by atoms with Gasteiger partial charge in [0.05, 0.1) is 16.8 Å². The van der Waals surface area contributed by atoms with Gasteiger partial charge in [0.2, 0.25) is 5.91 Å². The summed E-state index contributed by atoms with van der Waals surface area (Å²) in [4.78, 5) is 49.0. The van der Waals surface area contributed by atoms with Crippen LogP contribution in [0.3, 0.4) is 0 Å². The summed E-state index contributed by atoms with van der Waals surface area (Å²) < 4.78 is 0. The summed E-state index contributed by atoms with van der Waals surface area (Å²) in [5.41, 5.74) is 3.28. The van der Waals surface area contributed by atoms with Crippen LogP contribution in [0.2, 0.25) is 5.02 Å². The number of fused-ring (bicyclic) bond motifs is 1. The van der Waals surface area contributed by atoms with Gasteiger partial charge in [-0.3, -0.25) is 19.6 Å². The first-order valence-corrected chi connectivity index (χ1v) is 11.9. The highest BCUT2D eigenvalue weighted by Crippen LogP contribution is 2.30. The van der Waals surface area contributed by atoms with Crippen LogP contribution >= 0.6 is 11.6 Å². The average molecular weight is 513 g/mol. The van der Waals surface area contributed by atoms with Gasteiger partial charge < -0.3 is 15.3 Å². The molecule has 0 fully saturated rings. The summed E-state index contributed by atoms with van der Waals surface area (Å²) >= 11 is 6.14. The summed E-state index contributed by atoms with van der Waals surface area (Å²) in [6.45, 7) is 0.0732. The number of nitrogens with zero attached hydrogens (tertiary/aromatic N) is 3. The van der Waals surface area contributed by atoms with Crippen LogP contribution in [0.1, 0.15) is 32.0 Å². The van der Waals surface area contributed by atoms with Crippen LogP contribution < -0.4 is 5.32 Å². The van der Waals surface area contributed by atoms with Crippen molar-refractivity contribution in [2.75, 3.05) is 5.32 Å². The van der Waals surface area contributed by atoms with Crippen molar-refractivity contribution in [2.24, 2.45) is 0 Å². The van der Waals surface area contributed by atoms with Crippen molar-refractivity contribution in [3.63, 3.8) is 0 Å². The summed E-state index contributed by atoms with van der Waals surface area (Å²) in [5, 5.41) is 13.0. The molecule has 37 heavy (non-hydrogen) atoms. The largest absolute Gasteiger partial charge is 0.478 e. The van der Waals surface area contributed by atoms with E-state index in [0.717, 1.165) is 0 Å². The molecule has 0 saturated carbocycles. The fourth-order valence-corrected chi connectivity index (χ4v) is 4.58. The molecule has 9 heteroatoms. The van der Waals surface area contributed by atoms with E-state index in [1.54, 1.807) is 73.2 Å². The van der Waals surface area contributed by atoms with Crippen LogP contribution in [-0.4, -0.2) is 43.8 Å². The van der Waals surface area contributed by atoms with Crippen LogP contribution in [0, 0.1) is 0 Å². The summed E-state index contributed by atoms with van der Waals surface area (Å²) in [7, 11) is 0. The molecule has 2 aromatic heterocycles. The average Bonchev–Trinajstić information content (AvgIpc) is 2.99. The smallest absolute Gasteiger partial charge is 0.336 e. The number of rotatable bonds is 6. The number of benzene rings is 2. The van der Waals surface area contributed by atoms with Gasteiger partial charge in [-0.1, -0.05) is 23.7 Å². The van der Waals surface area contributed by atoms with E-state index >= 15 is 0 Å². The molecule has 3 heterocycles. The number of aromatic nitrogens is 2. The van der Waals surface area contributed by atoms with Crippen LogP contribution in [0.5, 0.6) is 0 Å². The molecule has 2 amide bonds. The third kappa shape index (κ3) is 5.05. The Morgan fingerprint density at radius 1 is 0.973 bits per heavy atom. The molecule has 2 aromatic carbocycles. The molecular weight excluding hydrogens is 492 g/mol. The number of carboxylic acid groups (broad SMARTS) is 1. The molecule has 5 rings (SSSR count). The molecule has 1 atom stereocenters. The number of carbonyl (C=O) groups is 3. The van der Waals surface area contributed by atoms with Crippen molar-refractivity contribution in [2.45, 2.75) is 19.0 Å². The third-order valence-corrected chi connectivity index (χ3v) is 6.43. The first-order chi connectivity index (χ1) is 17.9. The number of hydrogen-bond donors (Lipinski definition) is 2. The Hall–Kier alpha value is -4.56. The zero-order chi connectivity index (χ0) is 25.9.